The van der Waals surface area contributed by atoms with Crippen LogP contribution in [0.15, 0.2) is 78.5 Å². The Labute approximate surface area is 208 Å². The summed E-state index contributed by atoms with van der Waals surface area (Å²) in [6.07, 6.45) is 1.17. The van der Waals surface area contributed by atoms with Crippen LogP contribution in [0.1, 0.15) is 36.6 Å². The minimum atomic E-state index is -1.08. The largest absolute Gasteiger partial charge is 0.439 e. The third-order valence-corrected chi connectivity index (χ3v) is 5.51. The number of nitro groups is 1. The summed E-state index contributed by atoms with van der Waals surface area (Å²) in [4.78, 5) is 62.1. The number of nitro benzene ring substituents is 1. The number of nitrogens with zero attached hydrogens (tertiary/aromatic N) is 2. The zero-order chi connectivity index (χ0) is 25.8. The number of ether oxygens (including phenoxy) is 1. The van der Waals surface area contributed by atoms with Crippen molar-refractivity contribution < 1.29 is 28.8 Å². The number of hydrogen-bond acceptors (Lipinski definition) is 7. The molecule has 11 heteroatoms. The van der Waals surface area contributed by atoms with Gasteiger partial charge in [0.05, 0.1) is 26.6 Å². The molecular weight excluding hydrogens is 490 g/mol. The lowest BCUT2D eigenvalue weighted by Crippen LogP contribution is -2.35. The predicted molar refractivity (Wildman–Crippen MR) is 128 cm³/mol. The number of hydrogen-bond donors (Lipinski definition) is 1. The summed E-state index contributed by atoms with van der Waals surface area (Å²) in [5.74, 6) is -3.09. The molecule has 1 N–H and O–H groups in total. The fraction of sp³-hybridized carbons (Fsp3) is 0.0400. The Bertz CT molecular complexity index is 1420. The number of benzene rings is 3. The molecule has 3 aromatic rings. The van der Waals surface area contributed by atoms with E-state index in [-0.39, 0.29) is 33.0 Å². The first-order chi connectivity index (χ1) is 17.3. The van der Waals surface area contributed by atoms with Gasteiger partial charge in [0, 0.05) is 12.1 Å². The first-order valence-corrected chi connectivity index (χ1v) is 10.8. The average Bonchev–Trinajstić information content (AvgIpc) is 3.12. The van der Waals surface area contributed by atoms with Crippen LogP contribution in [-0.4, -0.2) is 40.2 Å². The number of imide groups is 1. The lowest BCUT2D eigenvalue weighted by atomic mass is 10.1. The van der Waals surface area contributed by atoms with Crippen LogP contribution in [0.25, 0.3) is 6.08 Å². The fourth-order valence-electron chi connectivity index (χ4n) is 3.43. The van der Waals surface area contributed by atoms with E-state index in [0.717, 1.165) is 4.90 Å². The number of carbonyl (C=O) groups excluding carboxylic acids is 4. The van der Waals surface area contributed by atoms with Crippen LogP contribution in [0.3, 0.4) is 0 Å². The van der Waals surface area contributed by atoms with Crippen LogP contribution < -0.4 is 5.32 Å². The highest BCUT2D eigenvalue weighted by atomic mass is 35.5. The second kappa shape index (κ2) is 10.2. The lowest BCUT2D eigenvalue weighted by molar-refractivity contribution is -0.384. The maximum Gasteiger partial charge on any atom is 0.356 e. The van der Waals surface area contributed by atoms with Crippen molar-refractivity contribution in [2.45, 2.75) is 0 Å². The van der Waals surface area contributed by atoms with Crippen molar-refractivity contribution in [3.63, 3.8) is 0 Å². The molecule has 0 unspecified atom stereocenters. The number of esters is 1. The highest BCUT2D eigenvalue weighted by Gasteiger charge is 2.36. The molecule has 1 heterocycles. The van der Waals surface area contributed by atoms with E-state index < -0.39 is 41.0 Å². The lowest BCUT2D eigenvalue weighted by Gasteiger charge is -2.16. The van der Waals surface area contributed by atoms with E-state index in [1.807, 2.05) is 0 Å². The van der Waals surface area contributed by atoms with Gasteiger partial charge < -0.3 is 10.1 Å². The molecule has 180 valence electrons. The molecule has 0 aromatic heterocycles. The zero-order valence-electron chi connectivity index (χ0n) is 18.3. The molecule has 0 bridgehead atoms. The topological polar surface area (TPSA) is 136 Å². The second-order valence-electron chi connectivity index (χ2n) is 7.49. The maximum absolute atomic E-state index is 12.9. The molecule has 1 aliphatic rings. The number of fused-ring (bicyclic) bond motifs is 1. The van der Waals surface area contributed by atoms with Gasteiger partial charge in [0.1, 0.15) is 5.70 Å². The molecule has 0 radical (unpaired) electrons. The number of rotatable bonds is 7. The van der Waals surface area contributed by atoms with Crippen molar-refractivity contribution in [3.8, 4) is 0 Å². The zero-order valence-corrected chi connectivity index (χ0v) is 19.1. The molecule has 1 aliphatic heterocycles. The molecule has 0 saturated heterocycles. The van der Waals surface area contributed by atoms with E-state index in [2.05, 4.69) is 5.32 Å². The molecule has 3 amide bonds. The number of nitrogens with one attached hydrogen (secondary N) is 1. The van der Waals surface area contributed by atoms with Gasteiger partial charge in [-0.2, -0.15) is 0 Å². The summed E-state index contributed by atoms with van der Waals surface area (Å²) in [5, 5.41) is 13.6. The summed E-state index contributed by atoms with van der Waals surface area (Å²) in [6.45, 7) is -0.709. The Balaban J connectivity index is 1.59. The van der Waals surface area contributed by atoms with E-state index in [4.69, 9.17) is 16.3 Å². The van der Waals surface area contributed by atoms with Crippen LogP contribution in [0, 0.1) is 10.1 Å². The third-order valence-electron chi connectivity index (χ3n) is 5.18. The van der Waals surface area contributed by atoms with Gasteiger partial charge in [-0.1, -0.05) is 48.0 Å². The second-order valence-corrected chi connectivity index (χ2v) is 7.90. The summed E-state index contributed by atoms with van der Waals surface area (Å²) < 4.78 is 5.17. The van der Waals surface area contributed by atoms with Crippen LogP contribution in [0.2, 0.25) is 5.02 Å². The molecule has 4 rings (SSSR count). The minimum absolute atomic E-state index is 0.0669. The first kappa shape index (κ1) is 24.3. The Morgan fingerprint density at radius 2 is 1.61 bits per heavy atom. The van der Waals surface area contributed by atoms with E-state index in [0.29, 0.717) is 0 Å². The van der Waals surface area contributed by atoms with Crippen molar-refractivity contribution in [2.75, 3.05) is 6.73 Å². The SMILES string of the molecule is O=C(OCN1C(=O)c2ccccc2C1=O)/C(=C/c1cccc([N+](=O)[O-])c1)NC(=O)c1ccccc1Cl. The van der Waals surface area contributed by atoms with Gasteiger partial charge in [0.2, 0.25) is 0 Å². The van der Waals surface area contributed by atoms with Gasteiger partial charge in [0.25, 0.3) is 23.4 Å². The van der Waals surface area contributed by atoms with Crippen molar-refractivity contribution in [2.24, 2.45) is 0 Å². The van der Waals surface area contributed by atoms with Gasteiger partial charge in [-0.15, -0.1) is 0 Å². The first-order valence-electron chi connectivity index (χ1n) is 10.4. The fourth-order valence-corrected chi connectivity index (χ4v) is 3.65. The molecule has 36 heavy (non-hydrogen) atoms. The standard InChI is InChI=1S/C25H16ClN3O7/c26-20-11-4-3-10-19(20)22(30)27-21(13-15-6-5-7-16(12-15)29(34)35)25(33)36-14-28-23(31)17-8-1-2-9-18(17)24(28)32/h1-13H,14H2,(H,27,30)/b21-13-. The molecule has 0 saturated carbocycles. The van der Waals surface area contributed by atoms with Crippen LogP contribution in [0.4, 0.5) is 5.69 Å². The molecular formula is C25H16ClN3O7. The highest BCUT2D eigenvalue weighted by molar-refractivity contribution is 6.34. The van der Waals surface area contributed by atoms with Crippen LogP contribution >= 0.6 is 11.6 Å². The molecule has 0 spiro atoms. The van der Waals surface area contributed by atoms with E-state index in [1.165, 1.54) is 54.6 Å². The summed E-state index contributed by atoms with van der Waals surface area (Å²) in [6, 6.07) is 17.6. The summed E-state index contributed by atoms with van der Waals surface area (Å²) in [7, 11) is 0. The van der Waals surface area contributed by atoms with Crippen molar-refractivity contribution in [1.82, 2.24) is 10.2 Å². The van der Waals surface area contributed by atoms with Crippen molar-refractivity contribution in [3.05, 3.63) is 116 Å². The number of carbonyl (C=O) groups is 4. The normalized spacial score (nSPS) is 12.8. The van der Waals surface area contributed by atoms with Crippen LogP contribution in [-0.2, 0) is 9.53 Å². The van der Waals surface area contributed by atoms with Crippen molar-refractivity contribution >= 4 is 47.1 Å². The third kappa shape index (κ3) is 4.98. The predicted octanol–water partition coefficient (Wildman–Crippen LogP) is 3.82. The maximum atomic E-state index is 12.9. The smallest absolute Gasteiger partial charge is 0.356 e. The molecule has 10 nitrogen and oxygen atoms in total. The monoisotopic (exact) mass is 505 g/mol. The van der Waals surface area contributed by atoms with E-state index in [9.17, 15) is 29.3 Å². The number of non-ortho nitro benzene ring substituents is 1. The Morgan fingerprint density at radius 3 is 2.25 bits per heavy atom. The summed E-state index contributed by atoms with van der Waals surface area (Å²) in [5.41, 5.74) is 0.0152. The Morgan fingerprint density at radius 1 is 0.972 bits per heavy atom. The number of halogens is 1. The summed E-state index contributed by atoms with van der Waals surface area (Å²) >= 11 is 6.07. The Hall–Kier alpha value is -4.83. The Kier molecular flexibility index (Phi) is 6.88. The number of amides is 3. The molecule has 0 fully saturated rings. The van der Waals surface area contributed by atoms with E-state index in [1.54, 1.807) is 24.3 Å². The quantitative estimate of drug-likeness (QED) is 0.169. The average molecular weight is 506 g/mol. The van der Waals surface area contributed by atoms with Gasteiger partial charge in [-0.3, -0.25) is 24.5 Å². The van der Waals surface area contributed by atoms with Gasteiger partial charge in [0.15, 0.2) is 6.73 Å². The molecule has 0 aliphatic carbocycles. The highest BCUT2D eigenvalue weighted by Crippen LogP contribution is 2.23. The van der Waals surface area contributed by atoms with Crippen LogP contribution in [0.5, 0.6) is 0 Å². The minimum Gasteiger partial charge on any atom is -0.439 e. The van der Waals surface area contributed by atoms with E-state index >= 15 is 0 Å². The van der Waals surface area contributed by atoms with Crippen molar-refractivity contribution in [1.29, 1.82) is 0 Å². The molecule has 0 atom stereocenters. The molecule has 3 aromatic carbocycles. The van der Waals surface area contributed by atoms with Gasteiger partial charge in [-0.05, 0) is 35.9 Å². The van der Waals surface area contributed by atoms with Gasteiger partial charge >= 0.3 is 5.97 Å². The van der Waals surface area contributed by atoms with Gasteiger partial charge in [-0.25, -0.2) is 9.69 Å².